The quantitative estimate of drug-likeness (QED) is 0.722. The molecule has 2 aromatic heterocycles. The number of hydrogen-bond acceptors (Lipinski definition) is 3. The van der Waals surface area contributed by atoms with E-state index >= 15 is 0 Å². The Bertz CT molecular complexity index is 704. The minimum atomic E-state index is -0.229. The van der Waals surface area contributed by atoms with Crippen LogP contribution >= 0.6 is 11.3 Å². The minimum Gasteiger partial charge on any atom is -0.310 e. The average Bonchev–Trinajstić information content (AvgIpc) is 3.17. The molecule has 0 radical (unpaired) electrons. The normalized spacial score (nSPS) is 12.5. The van der Waals surface area contributed by atoms with Gasteiger partial charge in [0, 0.05) is 23.7 Å². The van der Waals surface area contributed by atoms with Gasteiger partial charge in [-0.1, -0.05) is 0 Å². The lowest BCUT2D eigenvalue weighted by atomic mass is 10.1. The second kappa shape index (κ2) is 6.85. The zero-order valence-electron chi connectivity index (χ0n) is 12.3. The van der Waals surface area contributed by atoms with Crippen LogP contribution in [0.25, 0.3) is 11.3 Å². The van der Waals surface area contributed by atoms with E-state index in [0.717, 1.165) is 29.8 Å². The Labute approximate surface area is 133 Å². The summed E-state index contributed by atoms with van der Waals surface area (Å²) < 4.78 is 13.0. The first kappa shape index (κ1) is 14.9. The summed E-state index contributed by atoms with van der Waals surface area (Å²) in [6.45, 7) is 2.91. The summed E-state index contributed by atoms with van der Waals surface area (Å²) in [5.41, 5.74) is 4.33. The number of nitrogens with zero attached hydrogens (tertiary/aromatic N) is 1. The van der Waals surface area contributed by atoms with E-state index in [1.807, 2.05) is 6.20 Å². The number of halogens is 1. The summed E-state index contributed by atoms with van der Waals surface area (Å²) in [6, 6.07) is 9.00. The van der Waals surface area contributed by atoms with E-state index in [4.69, 9.17) is 0 Å². The van der Waals surface area contributed by atoms with Crippen LogP contribution in [0.15, 0.2) is 47.3 Å². The molecule has 22 heavy (non-hydrogen) atoms. The summed E-state index contributed by atoms with van der Waals surface area (Å²) in [4.78, 5) is 0. The second-order valence-corrected chi connectivity index (χ2v) is 6.17. The number of thiophene rings is 1. The summed E-state index contributed by atoms with van der Waals surface area (Å²) >= 11 is 1.72. The second-order valence-electron chi connectivity index (χ2n) is 5.39. The fourth-order valence-electron chi connectivity index (χ4n) is 2.43. The molecule has 2 N–H and O–H groups in total. The molecule has 5 heteroatoms. The van der Waals surface area contributed by atoms with E-state index < -0.39 is 0 Å². The Balaban J connectivity index is 1.64. The molecule has 0 aliphatic heterocycles. The molecule has 0 aliphatic carbocycles. The maximum atomic E-state index is 13.0. The molecule has 0 aliphatic rings. The highest BCUT2D eigenvalue weighted by molar-refractivity contribution is 7.07. The van der Waals surface area contributed by atoms with Gasteiger partial charge in [-0.05, 0) is 60.0 Å². The van der Waals surface area contributed by atoms with Crippen LogP contribution in [0.2, 0.25) is 0 Å². The Hall–Kier alpha value is -1.98. The summed E-state index contributed by atoms with van der Waals surface area (Å²) in [6.07, 6.45) is 2.83. The van der Waals surface area contributed by atoms with Crippen molar-refractivity contribution in [3.8, 4) is 11.3 Å². The Morgan fingerprint density at radius 1 is 1.27 bits per heavy atom. The molecule has 0 spiro atoms. The van der Waals surface area contributed by atoms with Crippen molar-refractivity contribution in [3.63, 3.8) is 0 Å². The van der Waals surface area contributed by atoms with E-state index in [0.29, 0.717) is 6.04 Å². The molecule has 3 aromatic rings. The highest BCUT2D eigenvalue weighted by Gasteiger charge is 2.10. The Morgan fingerprint density at radius 2 is 2.09 bits per heavy atom. The molecule has 1 aromatic carbocycles. The van der Waals surface area contributed by atoms with E-state index in [1.54, 1.807) is 23.5 Å². The Morgan fingerprint density at radius 3 is 2.82 bits per heavy atom. The monoisotopic (exact) mass is 315 g/mol. The van der Waals surface area contributed by atoms with Gasteiger partial charge < -0.3 is 5.32 Å². The van der Waals surface area contributed by atoms with Crippen molar-refractivity contribution in [2.24, 2.45) is 0 Å². The van der Waals surface area contributed by atoms with Crippen molar-refractivity contribution < 1.29 is 4.39 Å². The molecule has 114 valence electrons. The van der Waals surface area contributed by atoms with Gasteiger partial charge in [-0.15, -0.1) is 0 Å². The lowest BCUT2D eigenvalue weighted by Gasteiger charge is -2.13. The van der Waals surface area contributed by atoms with E-state index in [2.05, 4.69) is 39.3 Å². The third-order valence-corrected chi connectivity index (χ3v) is 4.35. The van der Waals surface area contributed by atoms with Crippen molar-refractivity contribution in [2.45, 2.75) is 25.9 Å². The first-order valence-electron chi connectivity index (χ1n) is 7.25. The van der Waals surface area contributed by atoms with Crippen LogP contribution in [0.1, 0.15) is 18.1 Å². The van der Waals surface area contributed by atoms with Gasteiger partial charge in [0.2, 0.25) is 0 Å². The van der Waals surface area contributed by atoms with Gasteiger partial charge in [0.15, 0.2) is 0 Å². The fourth-order valence-corrected chi connectivity index (χ4v) is 3.11. The molecule has 0 fully saturated rings. The molecule has 0 amide bonds. The third-order valence-electron chi connectivity index (χ3n) is 3.61. The molecule has 1 atom stereocenters. The molecule has 0 bridgehead atoms. The van der Waals surface area contributed by atoms with Crippen molar-refractivity contribution in [1.82, 2.24) is 15.5 Å². The molecule has 3 rings (SSSR count). The van der Waals surface area contributed by atoms with E-state index in [-0.39, 0.29) is 5.82 Å². The lowest BCUT2D eigenvalue weighted by molar-refractivity contribution is 0.546. The van der Waals surface area contributed by atoms with Crippen molar-refractivity contribution >= 4 is 11.3 Å². The van der Waals surface area contributed by atoms with Crippen LogP contribution in [0.3, 0.4) is 0 Å². The van der Waals surface area contributed by atoms with Crippen molar-refractivity contribution in [1.29, 1.82) is 0 Å². The van der Waals surface area contributed by atoms with Crippen molar-refractivity contribution in [3.05, 3.63) is 64.2 Å². The van der Waals surface area contributed by atoms with E-state index in [9.17, 15) is 4.39 Å². The smallest absolute Gasteiger partial charge is 0.123 e. The van der Waals surface area contributed by atoms with Crippen LogP contribution in [0.5, 0.6) is 0 Å². The predicted octanol–water partition coefficient (Wildman–Crippen LogP) is 4.00. The van der Waals surface area contributed by atoms with Gasteiger partial charge in [-0.25, -0.2) is 4.39 Å². The molecule has 1 unspecified atom stereocenters. The highest BCUT2D eigenvalue weighted by atomic mass is 32.1. The van der Waals surface area contributed by atoms with Crippen LogP contribution in [-0.4, -0.2) is 16.2 Å². The van der Waals surface area contributed by atoms with Gasteiger partial charge in [-0.2, -0.15) is 16.4 Å². The van der Waals surface area contributed by atoms with Gasteiger partial charge in [0.25, 0.3) is 0 Å². The highest BCUT2D eigenvalue weighted by Crippen LogP contribution is 2.21. The Kier molecular flexibility index (Phi) is 4.65. The van der Waals surface area contributed by atoms with E-state index in [1.165, 1.54) is 17.7 Å². The number of H-pyrrole nitrogens is 1. The van der Waals surface area contributed by atoms with Crippen LogP contribution in [0.4, 0.5) is 4.39 Å². The third kappa shape index (κ3) is 3.61. The first-order chi connectivity index (χ1) is 10.7. The number of aromatic nitrogens is 2. The molecular formula is C17H18FN3S. The summed E-state index contributed by atoms with van der Waals surface area (Å²) in [7, 11) is 0. The van der Waals surface area contributed by atoms with Crippen LogP contribution in [-0.2, 0) is 13.0 Å². The number of rotatable bonds is 6. The van der Waals surface area contributed by atoms with Crippen LogP contribution < -0.4 is 5.32 Å². The van der Waals surface area contributed by atoms with Gasteiger partial charge in [0.05, 0.1) is 11.9 Å². The molecular weight excluding hydrogens is 297 g/mol. The topological polar surface area (TPSA) is 40.7 Å². The predicted molar refractivity (Wildman–Crippen MR) is 88.3 cm³/mol. The van der Waals surface area contributed by atoms with Crippen molar-refractivity contribution in [2.75, 3.05) is 0 Å². The number of benzene rings is 1. The largest absolute Gasteiger partial charge is 0.310 e. The molecule has 0 saturated carbocycles. The summed E-state index contributed by atoms with van der Waals surface area (Å²) in [5, 5.41) is 14.9. The zero-order chi connectivity index (χ0) is 15.4. The lowest BCUT2D eigenvalue weighted by Crippen LogP contribution is -2.27. The summed E-state index contributed by atoms with van der Waals surface area (Å²) in [5.74, 6) is -0.229. The maximum absolute atomic E-state index is 13.0. The zero-order valence-corrected chi connectivity index (χ0v) is 13.2. The standard InChI is InChI=1S/C17H18FN3S/c1-12(8-13-6-7-22-11-13)19-9-15-10-20-21-17(15)14-2-4-16(18)5-3-14/h2-7,10-12,19H,8-9H2,1H3,(H,20,21). The number of hydrogen-bond donors (Lipinski definition) is 2. The average molecular weight is 315 g/mol. The van der Waals surface area contributed by atoms with Gasteiger partial charge in [-0.3, -0.25) is 5.10 Å². The maximum Gasteiger partial charge on any atom is 0.123 e. The van der Waals surface area contributed by atoms with Gasteiger partial charge >= 0.3 is 0 Å². The SMILES string of the molecule is CC(Cc1ccsc1)NCc1cn[nH]c1-c1ccc(F)cc1. The number of nitrogens with one attached hydrogen (secondary N) is 2. The molecule has 0 saturated heterocycles. The molecule has 3 nitrogen and oxygen atoms in total. The van der Waals surface area contributed by atoms with Crippen LogP contribution in [0, 0.1) is 5.82 Å². The minimum absolute atomic E-state index is 0.229. The fraction of sp³-hybridized carbons (Fsp3) is 0.235. The first-order valence-corrected chi connectivity index (χ1v) is 8.19. The van der Waals surface area contributed by atoms with Gasteiger partial charge in [0.1, 0.15) is 5.82 Å². The number of aromatic amines is 1. The molecule has 2 heterocycles.